The molecule has 1 N–H and O–H groups in total. The first kappa shape index (κ1) is 22.6. The summed E-state index contributed by atoms with van der Waals surface area (Å²) in [4.78, 5) is 23.0. The lowest BCUT2D eigenvalue weighted by molar-refractivity contribution is 0.0303. The van der Waals surface area contributed by atoms with Crippen molar-refractivity contribution < 1.29 is 17.9 Å². The van der Waals surface area contributed by atoms with Gasteiger partial charge in [-0.2, -0.15) is 0 Å². The van der Waals surface area contributed by atoms with E-state index >= 15 is 0 Å². The fourth-order valence-corrected chi connectivity index (χ4v) is 4.49. The van der Waals surface area contributed by atoms with Gasteiger partial charge in [0.05, 0.1) is 30.0 Å². The van der Waals surface area contributed by atoms with Crippen molar-refractivity contribution in [3.63, 3.8) is 0 Å². The summed E-state index contributed by atoms with van der Waals surface area (Å²) in [6, 6.07) is 9.87. The monoisotopic (exact) mass is 442 g/mol. The first-order valence-corrected chi connectivity index (χ1v) is 11.6. The van der Waals surface area contributed by atoms with Gasteiger partial charge in [-0.15, -0.1) is 0 Å². The summed E-state index contributed by atoms with van der Waals surface area (Å²) in [6.45, 7) is 7.71. The fraction of sp³-hybridized carbons (Fsp3) is 0.318. The molecule has 8 nitrogen and oxygen atoms in total. The van der Waals surface area contributed by atoms with Crippen LogP contribution < -0.4 is 4.72 Å². The van der Waals surface area contributed by atoms with Crippen LogP contribution in [0.5, 0.6) is 0 Å². The van der Waals surface area contributed by atoms with Gasteiger partial charge in [0.25, 0.3) is 15.9 Å². The Kier molecular flexibility index (Phi) is 7.19. The van der Waals surface area contributed by atoms with Gasteiger partial charge in [-0.3, -0.25) is 19.5 Å². The lowest BCUT2D eigenvalue weighted by Gasteiger charge is -2.27. The molecular formula is C22H26N4O4S. The summed E-state index contributed by atoms with van der Waals surface area (Å²) in [5, 5.41) is 0. The molecule has 31 heavy (non-hydrogen) atoms. The Morgan fingerprint density at radius 3 is 2.52 bits per heavy atom. The zero-order valence-electron chi connectivity index (χ0n) is 17.8. The van der Waals surface area contributed by atoms with E-state index in [9.17, 15) is 13.2 Å². The van der Waals surface area contributed by atoms with Crippen LogP contribution >= 0.6 is 0 Å². The number of carbonyl (C=O) groups excluding carboxylic acids is 1. The van der Waals surface area contributed by atoms with E-state index < -0.39 is 10.0 Å². The van der Waals surface area contributed by atoms with Gasteiger partial charge in [0.1, 0.15) is 10.4 Å². The van der Waals surface area contributed by atoms with Crippen LogP contribution in [0.3, 0.4) is 0 Å². The van der Waals surface area contributed by atoms with Gasteiger partial charge in [0.2, 0.25) is 0 Å². The van der Waals surface area contributed by atoms with Crippen LogP contribution in [-0.4, -0.2) is 55.5 Å². The molecule has 1 aromatic heterocycles. The maximum Gasteiger partial charge on any atom is 0.264 e. The molecule has 3 aromatic rings. The topological polar surface area (TPSA) is 101 Å². The number of benzene rings is 2. The highest BCUT2D eigenvalue weighted by Crippen LogP contribution is 2.26. The SMILES string of the molecule is CC.Cc1ccc(C(=O)N2CCOCC2)c(NS(=O)(=O)c2cccc3nccnc23)c1. The highest BCUT2D eigenvalue weighted by atomic mass is 32.2. The smallest absolute Gasteiger partial charge is 0.264 e. The number of hydrogen-bond acceptors (Lipinski definition) is 6. The van der Waals surface area contributed by atoms with Gasteiger partial charge < -0.3 is 9.64 Å². The van der Waals surface area contributed by atoms with Crippen LogP contribution in [0, 0.1) is 6.92 Å². The minimum absolute atomic E-state index is 0.00868. The number of carbonyl (C=O) groups is 1. The number of morpholine rings is 1. The van der Waals surface area contributed by atoms with E-state index in [1.807, 2.05) is 20.8 Å². The summed E-state index contributed by atoms with van der Waals surface area (Å²) >= 11 is 0. The van der Waals surface area contributed by atoms with E-state index in [1.165, 1.54) is 18.5 Å². The number of para-hydroxylation sites is 1. The fourth-order valence-electron chi connectivity index (χ4n) is 3.25. The van der Waals surface area contributed by atoms with E-state index in [-0.39, 0.29) is 22.0 Å². The van der Waals surface area contributed by atoms with E-state index in [2.05, 4.69) is 14.7 Å². The summed E-state index contributed by atoms with van der Waals surface area (Å²) in [5.41, 5.74) is 2.12. The summed E-state index contributed by atoms with van der Waals surface area (Å²) in [7, 11) is -3.99. The second-order valence-corrected chi connectivity index (χ2v) is 8.39. The number of nitrogens with one attached hydrogen (secondary N) is 1. The van der Waals surface area contributed by atoms with E-state index in [0.29, 0.717) is 37.4 Å². The molecule has 1 aliphatic heterocycles. The molecule has 0 atom stereocenters. The Morgan fingerprint density at radius 2 is 1.77 bits per heavy atom. The third-order valence-corrected chi connectivity index (χ3v) is 6.10. The molecule has 2 heterocycles. The number of sulfonamides is 1. The molecule has 0 aliphatic carbocycles. The summed E-state index contributed by atoms with van der Waals surface area (Å²) < 4.78 is 34.2. The lowest BCUT2D eigenvalue weighted by Crippen LogP contribution is -2.41. The summed E-state index contributed by atoms with van der Waals surface area (Å²) in [5.74, 6) is -0.233. The first-order valence-electron chi connectivity index (χ1n) is 10.2. The molecule has 2 aromatic carbocycles. The van der Waals surface area contributed by atoms with Gasteiger partial charge in [0, 0.05) is 25.5 Å². The standard InChI is InChI=1S/C20H20N4O4S.C2H6/c1-14-5-6-15(20(25)24-9-11-28-12-10-24)17(13-14)23-29(26,27)18-4-2-3-16-19(18)22-8-7-21-16;1-2/h2-8,13,23H,9-12H2,1H3;1-2H3. The summed E-state index contributed by atoms with van der Waals surface area (Å²) in [6.07, 6.45) is 2.95. The second-order valence-electron chi connectivity index (χ2n) is 6.74. The highest BCUT2D eigenvalue weighted by Gasteiger charge is 2.25. The number of aromatic nitrogens is 2. The van der Waals surface area contributed by atoms with Crippen molar-refractivity contribution in [2.24, 2.45) is 0 Å². The molecule has 0 bridgehead atoms. The highest BCUT2D eigenvalue weighted by molar-refractivity contribution is 7.93. The third-order valence-electron chi connectivity index (χ3n) is 4.70. The number of fused-ring (bicyclic) bond motifs is 1. The Balaban J connectivity index is 0.00000132. The van der Waals surface area contributed by atoms with Gasteiger partial charge in [-0.1, -0.05) is 26.0 Å². The van der Waals surface area contributed by atoms with Gasteiger partial charge in [0.15, 0.2) is 0 Å². The third kappa shape index (κ3) is 5.00. The van der Waals surface area contributed by atoms with Crippen molar-refractivity contribution in [1.82, 2.24) is 14.9 Å². The number of rotatable bonds is 4. The van der Waals surface area contributed by atoms with Gasteiger partial charge in [-0.25, -0.2) is 8.42 Å². The Hall–Kier alpha value is -3.04. The average Bonchev–Trinajstić information content (AvgIpc) is 2.80. The molecule has 164 valence electrons. The van der Waals surface area contributed by atoms with Crippen LogP contribution in [-0.2, 0) is 14.8 Å². The molecule has 0 spiro atoms. The number of nitrogens with zero attached hydrogens (tertiary/aromatic N) is 3. The molecule has 4 rings (SSSR count). The number of amides is 1. The van der Waals surface area contributed by atoms with Crippen LogP contribution in [0.2, 0.25) is 0 Å². The van der Waals surface area contributed by atoms with Crippen molar-refractivity contribution in [3.8, 4) is 0 Å². The largest absolute Gasteiger partial charge is 0.378 e. The molecule has 1 amide bonds. The molecule has 0 saturated carbocycles. The maximum absolute atomic E-state index is 13.2. The van der Waals surface area contributed by atoms with Crippen molar-refractivity contribution in [1.29, 1.82) is 0 Å². The van der Waals surface area contributed by atoms with Crippen molar-refractivity contribution in [3.05, 3.63) is 59.9 Å². The van der Waals surface area contributed by atoms with Gasteiger partial charge in [-0.05, 0) is 36.8 Å². The Morgan fingerprint density at radius 1 is 1.06 bits per heavy atom. The van der Waals surface area contributed by atoms with Crippen molar-refractivity contribution >= 4 is 32.7 Å². The molecule has 1 fully saturated rings. The van der Waals surface area contributed by atoms with E-state index in [4.69, 9.17) is 4.74 Å². The van der Waals surface area contributed by atoms with E-state index in [1.54, 1.807) is 35.2 Å². The number of ether oxygens (including phenoxy) is 1. The molecule has 1 saturated heterocycles. The lowest BCUT2D eigenvalue weighted by atomic mass is 10.1. The van der Waals surface area contributed by atoms with Crippen LogP contribution in [0.4, 0.5) is 5.69 Å². The van der Waals surface area contributed by atoms with E-state index in [0.717, 1.165) is 5.56 Å². The molecular weight excluding hydrogens is 416 g/mol. The molecule has 1 aliphatic rings. The minimum atomic E-state index is -3.99. The molecule has 0 unspecified atom stereocenters. The van der Waals surface area contributed by atoms with Gasteiger partial charge >= 0.3 is 0 Å². The van der Waals surface area contributed by atoms with Crippen LogP contribution in [0.15, 0.2) is 53.7 Å². The van der Waals surface area contributed by atoms with Crippen LogP contribution in [0.1, 0.15) is 29.8 Å². The predicted octanol–water partition coefficient (Wildman–Crippen LogP) is 3.24. The van der Waals surface area contributed by atoms with Crippen molar-refractivity contribution in [2.75, 3.05) is 31.0 Å². The Labute approximate surface area is 182 Å². The number of hydrogen-bond donors (Lipinski definition) is 1. The molecule has 0 radical (unpaired) electrons. The number of anilines is 1. The normalized spacial score (nSPS) is 14.0. The zero-order chi connectivity index (χ0) is 22.4. The minimum Gasteiger partial charge on any atom is -0.378 e. The number of aryl methyl sites for hydroxylation is 1. The van der Waals surface area contributed by atoms with Crippen LogP contribution in [0.25, 0.3) is 11.0 Å². The van der Waals surface area contributed by atoms with Crippen molar-refractivity contribution in [2.45, 2.75) is 25.7 Å². The predicted molar refractivity (Wildman–Crippen MR) is 120 cm³/mol. The first-order chi connectivity index (χ1) is 15.0. The Bertz CT molecular complexity index is 1170. The second kappa shape index (κ2) is 9.84. The molecule has 9 heteroatoms. The average molecular weight is 443 g/mol. The quantitative estimate of drug-likeness (QED) is 0.666. The zero-order valence-corrected chi connectivity index (χ0v) is 18.6. The maximum atomic E-state index is 13.2.